The van der Waals surface area contributed by atoms with E-state index >= 15 is 0 Å². The maximum atomic E-state index is 13.9. The summed E-state index contributed by atoms with van der Waals surface area (Å²) in [5.74, 6) is -4.72. The number of Topliss-reactive ketones (excluding diaryl/α,β-unsaturated/α-hetero) is 4. The molecule has 0 spiro atoms. The third-order valence-corrected chi connectivity index (χ3v) is 8.11. The molecule has 6 N–H and O–H groups in total. The number of rotatable bonds is 2. The molecule has 3 aliphatic carbocycles. The van der Waals surface area contributed by atoms with E-state index in [1.54, 1.807) is 49.3 Å². The summed E-state index contributed by atoms with van der Waals surface area (Å²) < 4.78 is 0. The summed E-state index contributed by atoms with van der Waals surface area (Å²) in [7, 11) is 3.54. The lowest BCUT2D eigenvalue weighted by atomic mass is 9.53. The molecule has 0 aliphatic heterocycles. The van der Waals surface area contributed by atoms with Crippen molar-refractivity contribution >= 4 is 40.4 Å². The third-order valence-electron chi connectivity index (χ3n) is 8.11. The van der Waals surface area contributed by atoms with Gasteiger partial charge in [-0.15, -0.1) is 0 Å². The average Bonchev–Trinajstić information content (AvgIpc) is 2.86. The molecule has 39 heavy (non-hydrogen) atoms. The Labute approximate surface area is 224 Å². The first-order valence-corrected chi connectivity index (χ1v) is 12.5. The molecule has 0 radical (unpaired) electrons. The van der Waals surface area contributed by atoms with Gasteiger partial charge >= 0.3 is 0 Å². The number of amides is 1. The molecule has 0 heterocycles. The maximum absolute atomic E-state index is 13.9. The zero-order valence-electron chi connectivity index (χ0n) is 21.4. The molecule has 2 fully saturated rings. The largest absolute Gasteiger partial charge is 0.506 e. The first kappa shape index (κ1) is 26.1. The van der Waals surface area contributed by atoms with E-state index in [0.717, 1.165) is 0 Å². The van der Waals surface area contributed by atoms with E-state index in [1.165, 1.54) is 0 Å². The van der Waals surface area contributed by atoms with Crippen LogP contribution in [0.3, 0.4) is 0 Å². The van der Waals surface area contributed by atoms with Gasteiger partial charge in [0, 0.05) is 43.4 Å². The molecule has 0 aromatic heterocycles. The van der Waals surface area contributed by atoms with Crippen LogP contribution < -0.4 is 16.4 Å². The molecule has 10 nitrogen and oxygen atoms in total. The van der Waals surface area contributed by atoms with Gasteiger partial charge in [-0.25, -0.2) is 0 Å². The van der Waals surface area contributed by atoms with E-state index in [4.69, 9.17) is 11.5 Å². The lowest BCUT2D eigenvalue weighted by Gasteiger charge is -2.48. The molecule has 2 aromatic carbocycles. The van der Waals surface area contributed by atoms with Crippen LogP contribution in [0.25, 0.3) is 0 Å². The zero-order valence-corrected chi connectivity index (χ0v) is 21.4. The van der Waals surface area contributed by atoms with E-state index in [1.807, 2.05) is 0 Å². The third kappa shape index (κ3) is 3.89. The average molecular weight is 530 g/mol. The minimum absolute atomic E-state index is 0.0351. The Bertz CT molecular complexity index is 1530. The molecular weight excluding hydrogens is 502 g/mol. The molecular formula is C29H27N3O7. The number of carbonyl (C=O) groups excluding carboxylic acids is 5. The van der Waals surface area contributed by atoms with Gasteiger partial charge in [0.2, 0.25) is 5.91 Å². The van der Waals surface area contributed by atoms with E-state index < -0.39 is 64.1 Å². The van der Waals surface area contributed by atoms with Crippen LogP contribution in [0.5, 0.6) is 5.75 Å². The first-order valence-electron chi connectivity index (χ1n) is 12.5. The monoisotopic (exact) mass is 529 g/mol. The summed E-state index contributed by atoms with van der Waals surface area (Å²) in [4.78, 5) is 66.7. The fraction of sp³-hybridized carbons (Fsp3) is 0.345. The summed E-state index contributed by atoms with van der Waals surface area (Å²) in [5, 5.41) is 22.6. The lowest BCUT2D eigenvalue weighted by Crippen LogP contribution is -2.68. The molecule has 2 unspecified atom stereocenters. The number of carbonyl (C=O) groups is 5. The summed E-state index contributed by atoms with van der Waals surface area (Å²) in [6.45, 7) is 0. The van der Waals surface area contributed by atoms with Crippen LogP contribution >= 0.6 is 0 Å². The Hall–Kier alpha value is -4.49. The molecule has 5 rings (SSSR count). The Morgan fingerprint density at radius 1 is 1.05 bits per heavy atom. The van der Waals surface area contributed by atoms with Crippen LogP contribution in [0.2, 0.25) is 0 Å². The first-order chi connectivity index (χ1) is 18.4. The van der Waals surface area contributed by atoms with Gasteiger partial charge in [-0.3, -0.25) is 24.0 Å². The highest BCUT2D eigenvalue weighted by Gasteiger charge is 2.66. The molecule has 5 atom stereocenters. The Morgan fingerprint density at radius 3 is 2.33 bits per heavy atom. The van der Waals surface area contributed by atoms with Crippen molar-refractivity contribution in [3.8, 4) is 17.6 Å². The number of phenolic OH excluding ortho intramolecular Hbond substituents is 1. The highest BCUT2D eigenvalue weighted by Crippen LogP contribution is 2.51. The minimum atomic E-state index is -2.69. The quantitative estimate of drug-likeness (QED) is 0.243. The van der Waals surface area contributed by atoms with E-state index in [2.05, 4.69) is 11.8 Å². The predicted octanol–water partition coefficient (Wildman–Crippen LogP) is 0.375. The summed E-state index contributed by atoms with van der Waals surface area (Å²) in [6.07, 6.45) is -0.150. The van der Waals surface area contributed by atoms with E-state index in [-0.39, 0.29) is 30.4 Å². The molecule has 2 aromatic rings. The highest BCUT2D eigenvalue weighted by molar-refractivity contribution is 6.31. The number of fused-ring (bicyclic) bond motifs is 3. The van der Waals surface area contributed by atoms with Crippen molar-refractivity contribution in [1.82, 2.24) is 0 Å². The molecule has 2 saturated carbocycles. The van der Waals surface area contributed by atoms with Crippen LogP contribution in [0.1, 0.15) is 39.9 Å². The van der Waals surface area contributed by atoms with Gasteiger partial charge in [0.05, 0.1) is 17.0 Å². The Morgan fingerprint density at radius 2 is 1.72 bits per heavy atom. The fourth-order valence-corrected chi connectivity index (χ4v) is 6.22. The number of benzene rings is 2. The van der Waals surface area contributed by atoms with Crippen molar-refractivity contribution in [3.63, 3.8) is 0 Å². The van der Waals surface area contributed by atoms with Gasteiger partial charge in [-0.05, 0) is 54.7 Å². The molecule has 10 heteroatoms. The predicted molar refractivity (Wildman–Crippen MR) is 140 cm³/mol. The van der Waals surface area contributed by atoms with Crippen molar-refractivity contribution in [2.45, 2.75) is 24.9 Å². The molecule has 0 saturated heterocycles. The van der Waals surface area contributed by atoms with Crippen LogP contribution in [-0.4, -0.2) is 58.9 Å². The van der Waals surface area contributed by atoms with Gasteiger partial charge in [0.15, 0.2) is 34.7 Å². The normalized spacial score (nSPS) is 27.6. The van der Waals surface area contributed by atoms with Crippen LogP contribution in [0.4, 0.5) is 11.4 Å². The van der Waals surface area contributed by atoms with Crippen molar-refractivity contribution in [1.29, 1.82) is 0 Å². The van der Waals surface area contributed by atoms with Gasteiger partial charge in [0.1, 0.15) is 5.75 Å². The number of aliphatic hydroxyl groups is 1. The number of primary amides is 1. The van der Waals surface area contributed by atoms with Crippen molar-refractivity contribution in [2.75, 3.05) is 24.7 Å². The number of hydrogen-bond donors (Lipinski definition) is 4. The van der Waals surface area contributed by atoms with Gasteiger partial charge in [0.25, 0.3) is 0 Å². The zero-order chi connectivity index (χ0) is 28.4. The number of ketones is 4. The molecule has 1 amide bonds. The van der Waals surface area contributed by atoms with Gasteiger partial charge in [-0.1, -0.05) is 11.8 Å². The van der Waals surface area contributed by atoms with E-state index in [9.17, 15) is 34.2 Å². The van der Waals surface area contributed by atoms with Crippen LogP contribution in [0, 0.1) is 35.5 Å². The van der Waals surface area contributed by atoms with Gasteiger partial charge < -0.3 is 26.6 Å². The number of hydrogen-bond acceptors (Lipinski definition) is 9. The Kier molecular flexibility index (Phi) is 6.07. The number of anilines is 2. The SMILES string of the molecule is CN(C)c1cc(C#Cc2ccc(N)cc2)c(O)c2c1C[C@H]1C[C@H]3CC(=O)C(C(N)=O)C(=O)[C@@]3(O)C(=O)C1C2=O. The van der Waals surface area contributed by atoms with Crippen molar-refractivity contribution in [3.05, 3.63) is 52.6 Å². The number of nitrogens with two attached hydrogens (primary N) is 2. The lowest BCUT2D eigenvalue weighted by molar-refractivity contribution is -0.175. The minimum Gasteiger partial charge on any atom is -0.506 e. The maximum Gasteiger partial charge on any atom is 0.235 e. The standard InChI is InChI=1S/C29H27N3O7/c1-32(2)19-11-14(6-3-13-4-7-17(30)8-5-13)24(34)22-18(19)10-15-9-16-12-20(33)23(28(31)38)27(37)29(16,39)26(36)21(15)25(22)35/h4-5,7-8,11,15-16,21,23,34,39H,9-10,12,30H2,1-2H3,(H2,31,38)/t15-,16+,21?,23?,29+/m1/s1. The summed E-state index contributed by atoms with van der Waals surface area (Å²) >= 11 is 0. The second-order valence-electron chi connectivity index (χ2n) is 10.7. The van der Waals surface area contributed by atoms with E-state index in [0.29, 0.717) is 22.5 Å². The number of nitrogen functional groups attached to an aromatic ring is 1. The van der Waals surface area contributed by atoms with Crippen LogP contribution in [0.15, 0.2) is 30.3 Å². The molecule has 200 valence electrons. The fourth-order valence-electron chi connectivity index (χ4n) is 6.22. The molecule has 3 aliphatic rings. The topological polar surface area (TPSA) is 181 Å². The molecule has 0 bridgehead atoms. The number of nitrogens with zero attached hydrogens (tertiary/aromatic N) is 1. The highest BCUT2D eigenvalue weighted by atomic mass is 16.3. The summed E-state index contributed by atoms with van der Waals surface area (Å²) in [5.41, 5.74) is 10.7. The number of aromatic hydroxyl groups is 1. The van der Waals surface area contributed by atoms with Gasteiger partial charge in [-0.2, -0.15) is 0 Å². The van der Waals surface area contributed by atoms with Crippen molar-refractivity contribution < 1.29 is 34.2 Å². The number of phenols is 1. The summed E-state index contributed by atoms with van der Waals surface area (Å²) in [6, 6.07) is 8.45. The van der Waals surface area contributed by atoms with Crippen LogP contribution in [-0.2, 0) is 25.6 Å². The second-order valence-corrected chi connectivity index (χ2v) is 10.7. The second kappa shape index (κ2) is 9.06. The Balaban J connectivity index is 1.61. The smallest absolute Gasteiger partial charge is 0.235 e. The van der Waals surface area contributed by atoms with Crippen molar-refractivity contribution in [2.24, 2.45) is 29.4 Å².